The number of esters is 2. The van der Waals surface area contributed by atoms with Gasteiger partial charge in [0.15, 0.2) is 0 Å². The van der Waals surface area contributed by atoms with Gasteiger partial charge in [-0.1, -0.05) is 94.4 Å². The minimum absolute atomic E-state index is 0.0340. The Bertz CT molecular complexity index is 2380. The Morgan fingerprint density at radius 2 is 0.900 bits per heavy atom. The minimum Gasteiger partial charge on any atom is -0.465 e. The first-order valence-corrected chi connectivity index (χ1v) is 20.5. The third-order valence-electron chi connectivity index (χ3n) is 9.26. The van der Waals surface area contributed by atoms with Gasteiger partial charge in [0.25, 0.3) is 0 Å². The molecule has 0 spiro atoms. The molecule has 306 valence electrons. The van der Waals surface area contributed by atoms with Gasteiger partial charge in [0.1, 0.15) is 34.4 Å². The van der Waals surface area contributed by atoms with Crippen molar-refractivity contribution in [3.05, 3.63) is 178 Å². The second kappa shape index (κ2) is 20.1. The van der Waals surface area contributed by atoms with E-state index in [0.717, 1.165) is 35.1 Å². The van der Waals surface area contributed by atoms with E-state index in [-0.39, 0.29) is 71.1 Å². The molecular formula is C46H36F4N2O6S2. The van der Waals surface area contributed by atoms with Crippen LogP contribution in [0.1, 0.15) is 43.0 Å². The van der Waals surface area contributed by atoms with E-state index in [9.17, 15) is 28.0 Å². The number of carbonyl (C=O) groups is 4. The van der Waals surface area contributed by atoms with E-state index in [0.29, 0.717) is 11.1 Å². The van der Waals surface area contributed by atoms with Crippen LogP contribution in [0.3, 0.4) is 0 Å². The van der Waals surface area contributed by atoms with Crippen molar-refractivity contribution in [3.63, 3.8) is 0 Å². The second-order valence-corrected chi connectivity index (χ2v) is 15.6. The third kappa shape index (κ3) is 10.8. The first-order valence-electron chi connectivity index (χ1n) is 18.3. The van der Waals surface area contributed by atoms with Crippen LogP contribution in [0.5, 0.6) is 0 Å². The molecule has 0 bridgehead atoms. The van der Waals surface area contributed by atoms with Crippen LogP contribution in [-0.4, -0.2) is 38.0 Å². The number of methoxy groups -OCH3 is 2. The molecular weight excluding hydrogens is 817 g/mol. The maximum Gasteiger partial charge on any atom is 0.341 e. The van der Waals surface area contributed by atoms with Gasteiger partial charge in [-0.05, 0) is 81.9 Å². The van der Waals surface area contributed by atoms with E-state index < -0.39 is 35.2 Å². The Hall–Kier alpha value is -6.38. The Labute approximate surface area is 351 Å². The van der Waals surface area contributed by atoms with Crippen molar-refractivity contribution < 1.29 is 46.2 Å². The van der Waals surface area contributed by atoms with E-state index in [1.165, 1.54) is 82.3 Å². The number of hydrogen-bond donors (Lipinski definition) is 2. The van der Waals surface area contributed by atoms with Crippen molar-refractivity contribution in [2.45, 2.75) is 35.7 Å². The molecule has 0 saturated heterocycles. The molecule has 0 fully saturated rings. The summed E-state index contributed by atoms with van der Waals surface area (Å²) in [5.74, 6) is -5.37. The first-order chi connectivity index (χ1) is 28.9. The average molecular weight is 853 g/mol. The summed E-state index contributed by atoms with van der Waals surface area (Å²) in [5, 5.41) is 5.37. The molecule has 60 heavy (non-hydrogen) atoms. The molecule has 0 aromatic heterocycles. The summed E-state index contributed by atoms with van der Waals surface area (Å²) in [7, 11) is 5.24. The molecule has 0 atom stereocenters. The largest absolute Gasteiger partial charge is 0.465 e. The zero-order valence-electron chi connectivity index (χ0n) is 32.2. The summed E-state index contributed by atoms with van der Waals surface area (Å²) < 4.78 is 68.3. The smallest absolute Gasteiger partial charge is 0.341 e. The van der Waals surface area contributed by atoms with Crippen molar-refractivity contribution in [2.75, 3.05) is 14.2 Å². The lowest BCUT2D eigenvalue weighted by Crippen LogP contribution is -2.25. The maximum atomic E-state index is 15.5. The predicted octanol–water partition coefficient (Wildman–Crippen LogP) is 9.67. The van der Waals surface area contributed by atoms with Crippen molar-refractivity contribution >= 4 is 45.3 Å². The van der Waals surface area contributed by atoms with Crippen LogP contribution in [0.4, 0.5) is 17.6 Å². The summed E-state index contributed by atoms with van der Waals surface area (Å²) in [6.45, 7) is -0.361. The van der Waals surface area contributed by atoms with Gasteiger partial charge in [-0.15, -0.1) is 0 Å². The molecule has 8 nitrogen and oxygen atoms in total. The molecule has 0 aliphatic rings. The average Bonchev–Trinajstić information content (AvgIpc) is 3.25. The Morgan fingerprint density at radius 1 is 0.517 bits per heavy atom. The zero-order chi connectivity index (χ0) is 42.8. The second-order valence-electron chi connectivity index (χ2n) is 13.3. The highest BCUT2D eigenvalue weighted by Crippen LogP contribution is 2.37. The minimum atomic E-state index is -0.923. The third-order valence-corrected chi connectivity index (χ3v) is 11.7. The van der Waals surface area contributed by atoms with Crippen LogP contribution in [0.15, 0.2) is 131 Å². The van der Waals surface area contributed by atoms with E-state index in [1.807, 2.05) is 48.5 Å². The topological polar surface area (TPSA) is 111 Å². The van der Waals surface area contributed by atoms with Gasteiger partial charge < -0.3 is 20.1 Å². The summed E-state index contributed by atoms with van der Waals surface area (Å²) in [4.78, 5) is 52.4. The lowest BCUT2D eigenvalue weighted by molar-refractivity contribution is -0.121. The van der Waals surface area contributed by atoms with Crippen molar-refractivity contribution in [2.24, 2.45) is 0 Å². The molecule has 0 unspecified atom stereocenters. The van der Waals surface area contributed by atoms with Gasteiger partial charge >= 0.3 is 11.9 Å². The van der Waals surface area contributed by atoms with Gasteiger partial charge in [0.05, 0.1) is 27.1 Å². The number of carbonyl (C=O) groups excluding carboxylic acids is 4. The Kier molecular flexibility index (Phi) is 14.4. The highest BCUT2D eigenvalue weighted by Gasteiger charge is 2.24. The highest BCUT2D eigenvalue weighted by molar-refractivity contribution is 8.76. The number of nitrogens with one attached hydrogen (secondary N) is 2. The SMILES string of the molecule is COC(=O)c1c(-c2cccc(F)c2)ccc(CNC(=O)Cc2ccc(SSc3ccc(CC(=O)NCc4ccc(-c5cccc(F)c5)c(C(=O)OC)c4F)cc3)cc2)c1F. The van der Waals surface area contributed by atoms with Gasteiger partial charge in [0, 0.05) is 34.0 Å². The molecule has 6 aromatic carbocycles. The quantitative estimate of drug-likeness (QED) is 0.0598. The molecule has 0 aliphatic carbocycles. The van der Waals surface area contributed by atoms with E-state index in [1.54, 1.807) is 12.1 Å². The number of halogens is 4. The molecule has 2 N–H and O–H groups in total. The number of rotatable bonds is 15. The zero-order valence-corrected chi connectivity index (χ0v) is 33.8. The van der Waals surface area contributed by atoms with Crippen molar-refractivity contribution in [1.29, 1.82) is 0 Å². The summed E-state index contributed by atoms with van der Waals surface area (Å²) >= 11 is 0. The summed E-state index contributed by atoms with van der Waals surface area (Å²) in [5.41, 5.74) is 1.85. The fraction of sp³-hybridized carbons (Fsp3) is 0.130. The van der Waals surface area contributed by atoms with Gasteiger partial charge in [-0.2, -0.15) is 0 Å². The van der Waals surface area contributed by atoms with E-state index in [4.69, 9.17) is 9.47 Å². The van der Waals surface area contributed by atoms with Crippen LogP contribution in [-0.2, 0) is 45.0 Å². The monoisotopic (exact) mass is 852 g/mol. The molecule has 2 amide bonds. The predicted molar refractivity (Wildman–Crippen MR) is 222 cm³/mol. The molecule has 6 rings (SSSR count). The summed E-state index contributed by atoms with van der Waals surface area (Å²) in [6, 6.07) is 31.5. The van der Waals surface area contributed by atoms with Crippen molar-refractivity contribution in [1.82, 2.24) is 10.6 Å². The van der Waals surface area contributed by atoms with Gasteiger partial charge in [-0.25, -0.2) is 27.2 Å². The highest BCUT2D eigenvalue weighted by atomic mass is 33.1. The lowest BCUT2D eigenvalue weighted by atomic mass is 9.96. The Balaban J connectivity index is 0.972. The fourth-order valence-electron chi connectivity index (χ4n) is 6.21. The number of hydrogen-bond acceptors (Lipinski definition) is 8. The van der Waals surface area contributed by atoms with Crippen LogP contribution in [0.2, 0.25) is 0 Å². The molecule has 0 saturated carbocycles. The van der Waals surface area contributed by atoms with Crippen molar-refractivity contribution in [3.8, 4) is 22.3 Å². The van der Waals surface area contributed by atoms with Gasteiger partial charge in [-0.3, -0.25) is 9.59 Å². The summed E-state index contributed by atoms with van der Waals surface area (Å²) in [6.07, 6.45) is 0.0681. The number of ether oxygens (including phenoxy) is 2. The lowest BCUT2D eigenvalue weighted by Gasteiger charge is -2.14. The Morgan fingerprint density at radius 3 is 1.25 bits per heavy atom. The molecule has 0 radical (unpaired) electrons. The van der Waals surface area contributed by atoms with Crippen LogP contribution >= 0.6 is 21.6 Å². The van der Waals surface area contributed by atoms with Crippen LogP contribution < -0.4 is 10.6 Å². The maximum absolute atomic E-state index is 15.5. The molecule has 6 aromatic rings. The van der Waals surface area contributed by atoms with Crippen LogP contribution in [0.25, 0.3) is 22.3 Å². The molecule has 0 aliphatic heterocycles. The molecule has 14 heteroatoms. The standard InChI is InChI=1S/C46H36F4N2O6S2/c1-57-45(55)41-37(29-5-3-7-33(47)23-29)19-13-31(43(41)49)25-51-39(53)21-27-9-15-35(16-10-27)59-60-36-17-11-28(12-18-36)22-40(54)52-26-32-14-20-38(30-6-4-8-34(48)24-30)42(44(32)50)46(56)58-2/h3-20,23-24H,21-22,25-26H2,1-2H3,(H,51,53)(H,52,54). The van der Waals surface area contributed by atoms with E-state index in [2.05, 4.69) is 10.6 Å². The van der Waals surface area contributed by atoms with Gasteiger partial charge in [0.2, 0.25) is 11.8 Å². The number of benzene rings is 6. The first kappa shape index (κ1) is 43.2. The normalized spacial score (nSPS) is 10.8. The van der Waals surface area contributed by atoms with Crippen LogP contribution in [0, 0.1) is 23.3 Å². The number of amides is 2. The van der Waals surface area contributed by atoms with E-state index >= 15 is 8.78 Å². The molecule has 0 heterocycles. The fourth-order valence-corrected chi connectivity index (χ4v) is 8.14.